The van der Waals surface area contributed by atoms with E-state index in [2.05, 4.69) is 128 Å². The van der Waals surface area contributed by atoms with Crippen LogP contribution in [0, 0.1) is 6.92 Å². The normalized spacial score (nSPS) is 11.5. The van der Waals surface area contributed by atoms with Gasteiger partial charge in [0.05, 0.1) is 0 Å². The van der Waals surface area contributed by atoms with Crippen molar-refractivity contribution < 1.29 is 0 Å². The molecule has 2 rings (SSSR count). The summed E-state index contributed by atoms with van der Waals surface area (Å²) in [6.07, 6.45) is 6.88. The van der Waals surface area contributed by atoms with Crippen LogP contribution in [-0.4, -0.2) is 56.4 Å². The topological polar surface area (TPSA) is 13.0 Å². The summed E-state index contributed by atoms with van der Waals surface area (Å²) in [5.41, 5.74) is 11.3. The predicted molar refractivity (Wildman–Crippen MR) is 160 cm³/mol. The summed E-state index contributed by atoms with van der Waals surface area (Å²) in [4.78, 5) is 9.09. The monoisotopic (exact) mass is 480 g/mol. The Balaban J connectivity index is 2.31. The summed E-state index contributed by atoms with van der Waals surface area (Å²) in [5.74, 6) is 0. The standard InChI is InChI=1S/C31H52N4/c1-13-31(4,14-2)26-22-29(34(9)10)25(21-30(26)35(11)12)18-16-15-17-24-20-27(32(5)6)23(3)19-28(24)33(7)8/h19-22H,13-18H2,1-12H3. The van der Waals surface area contributed by atoms with Crippen LogP contribution in [0.4, 0.5) is 22.7 Å². The molecule has 0 heterocycles. The van der Waals surface area contributed by atoms with Crippen LogP contribution in [0.2, 0.25) is 0 Å². The van der Waals surface area contributed by atoms with Crippen LogP contribution in [0.15, 0.2) is 24.3 Å². The maximum atomic E-state index is 2.48. The molecule has 0 aliphatic heterocycles. The van der Waals surface area contributed by atoms with Crippen LogP contribution in [0.25, 0.3) is 0 Å². The number of nitrogens with zero attached hydrogens (tertiary/aromatic N) is 4. The fourth-order valence-corrected chi connectivity index (χ4v) is 5.17. The van der Waals surface area contributed by atoms with Crippen molar-refractivity contribution in [1.29, 1.82) is 0 Å². The molecule has 0 aromatic heterocycles. The highest BCUT2D eigenvalue weighted by molar-refractivity contribution is 5.68. The number of unbranched alkanes of at least 4 members (excludes halogenated alkanes) is 1. The predicted octanol–water partition coefficient (Wildman–Crippen LogP) is 6.90. The summed E-state index contributed by atoms with van der Waals surface area (Å²) in [5, 5.41) is 0. The van der Waals surface area contributed by atoms with Gasteiger partial charge in [-0.25, -0.2) is 0 Å². The third-order valence-electron chi connectivity index (χ3n) is 7.87. The number of rotatable bonds is 12. The van der Waals surface area contributed by atoms with E-state index in [1.165, 1.54) is 57.8 Å². The first-order chi connectivity index (χ1) is 16.4. The lowest BCUT2D eigenvalue weighted by atomic mass is 9.76. The zero-order valence-electron chi connectivity index (χ0n) is 24.8. The van der Waals surface area contributed by atoms with E-state index in [1.54, 1.807) is 0 Å². The summed E-state index contributed by atoms with van der Waals surface area (Å²) >= 11 is 0. The minimum Gasteiger partial charge on any atom is -0.377 e. The van der Waals surface area contributed by atoms with Gasteiger partial charge in [0.15, 0.2) is 0 Å². The molecule has 0 spiro atoms. The largest absolute Gasteiger partial charge is 0.377 e. The van der Waals surface area contributed by atoms with Gasteiger partial charge < -0.3 is 19.6 Å². The van der Waals surface area contributed by atoms with E-state index in [-0.39, 0.29) is 5.41 Å². The Labute approximate surface area is 216 Å². The lowest BCUT2D eigenvalue weighted by Gasteiger charge is -2.34. The van der Waals surface area contributed by atoms with Crippen molar-refractivity contribution in [3.63, 3.8) is 0 Å². The van der Waals surface area contributed by atoms with Gasteiger partial charge >= 0.3 is 0 Å². The molecule has 35 heavy (non-hydrogen) atoms. The highest BCUT2D eigenvalue weighted by Gasteiger charge is 2.27. The second-order valence-corrected chi connectivity index (χ2v) is 11.3. The van der Waals surface area contributed by atoms with Gasteiger partial charge in [0.2, 0.25) is 0 Å². The molecule has 4 heteroatoms. The Bertz CT molecular complexity index is 968. The van der Waals surface area contributed by atoms with Crippen molar-refractivity contribution in [3.8, 4) is 0 Å². The van der Waals surface area contributed by atoms with Gasteiger partial charge in [-0.1, -0.05) is 20.8 Å². The molecule has 0 unspecified atom stereocenters. The Morgan fingerprint density at radius 2 is 0.971 bits per heavy atom. The zero-order chi connectivity index (χ0) is 26.5. The number of aryl methyl sites for hydroxylation is 3. The van der Waals surface area contributed by atoms with Gasteiger partial charge in [0.1, 0.15) is 0 Å². The molecule has 0 N–H and O–H groups in total. The lowest BCUT2D eigenvalue weighted by molar-refractivity contribution is 0.439. The summed E-state index contributed by atoms with van der Waals surface area (Å²) in [7, 11) is 17.3. The van der Waals surface area contributed by atoms with Crippen molar-refractivity contribution in [2.45, 2.75) is 71.6 Å². The zero-order valence-corrected chi connectivity index (χ0v) is 24.8. The fourth-order valence-electron chi connectivity index (χ4n) is 5.17. The SMILES string of the molecule is CCC(C)(CC)c1cc(N(C)C)c(CCCCc2cc(N(C)C)c(C)cc2N(C)C)cc1N(C)C. The first kappa shape index (κ1) is 28.9. The van der Waals surface area contributed by atoms with E-state index >= 15 is 0 Å². The molecule has 2 aromatic carbocycles. The van der Waals surface area contributed by atoms with Gasteiger partial charge in [0.25, 0.3) is 0 Å². The Hall–Kier alpha value is -2.36. The van der Waals surface area contributed by atoms with Crippen LogP contribution >= 0.6 is 0 Å². The van der Waals surface area contributed by atoms with Crippen molar-refractivity contribution in [3.05, 3.63) is 46.5 Å². The van der Waals surface area contributed by atoms with E-state index in [4.69, 9.17) is 0 Å². The first-order valence-electron chi connectivity index (χ1n) is 13.4. The molecule has 4 nitrogen and oxygen atoms in total. The Morgan fingerprint density at radius 1 is 0.571 bits per heavy atom. The molecule has 0 atom stereocenters. The Kier molecular flexibility index (Phi) is 9.94. The van der Waals surface area contributed by atoms with Crippen molar-refractivity contribution in [2.24, 2.45) is 0 Å². The average molecular weight is 481 g/mol. The lowest BCUT2D eigenvalue weighted by Crippen LogP contribution is -2.25. The highest BCUT2D eigenvalue weighted by Crippen LogP contribution is 2.41. The first-order valence-corrected chi connectivity index (χ1v) is 13.4. The van der Waals surface area contributed by atoms with Gasteiger partial charge in [-0.05, 0) is 97.4 Å². The molecular weight excluding hydrogens is 428 g/mol. The molecule has 0 fully saturated rings. The van der Waals surface area contributed by atoms with E-state index in [0.29, 0.717) is 0 Å². The van der Waals surface area contributed by atoms with Crippen molar-refractivity contribution in [2.75, 3.05) is 76.0 Å². The smallest absolute Gasteiger partial charge is 0.0403 e. The van der Waals surface area contributed by atoms with Crippen molar-refractivity contribution in [1.82, 2.24) is 0 Å². The molecule has 0 saturated carbocycles. The highest BCUT2D eigenvalue weighted by atomic mass is 15.1. The number of benzene rings is 2. The number of hydrogen-bond acceptors (Lipinski definition) is 4. The van der Waals surface area contributed by atoms with Crippen LogP contribution in [0.3, 0.4) is 0 Å². The van der Waals surface area contributed by atoms with E-state index in [9.17, 15) is 0 Å². The molecule has 0 aliphatic rings. The molecule has 0 amide bonds. The van der Waals surface area contributed by atoms with Crippen LogP contribution < -0.4 is 19.6 Å². The maximum Gasteiger partial charge on any atom is 0.0403 e. The summed E-state index contributed by atoms with van der Waals surface area (Å²) in [6.45, 7) is 9.27. The maximum absolute atomic E-state index is 2.48. The average Bonchev–Trinajstić information content (AvgIpc) is 2.80. The van der Waals surface area contributed by atoms with Crippen LogP contribution in [0.1, 0.15) is 68.7 Å². The van der Waals surface area contributed by atoms with Crippen LogP contribution in [-0.2, 0) is 18.3 Å². The van der Waals surface area contributed by atoms with Gasteiger partial charge in [0, 0.05) is 79.1 Å². The second-order valence-electron chi connectivity index (χ2n) is 11.3. The molecule has 0 radical (unpaired) electrons. The third-order valence-corrected chi connectivity index (χ3v) is 7.87. The minimum absolute atomic E-state index is 0.195. The van der Waals surface area contributed by atoms with Crippen molar-refractivity contribution >= 4 is 22.7 Å². The van der Waals surface area contributed by atoms with E-state index in [1.807, 2.05) is 0 Å². The number of anilines is 4. The quantitative estimate of drug-likeness (QED) is 0.306. The molecule has 2 aromatic rings. The second kappa shape index (κ2) is 12.1. The van der Waals surface area contributed by atoms with E-state index in [0.717, 1.165) is 25.7 Å². The molecule has 0 bridgehead atoms. The summed E-state index contributed by atoms with van der Waals surface area (Å²) in [6, 6.07) is 9.68. The van der Waals surface area contributed by atoms with E-state index < -0.39 is 0 Å². The molecule has 0 aliphatic carbocycles. The van der Waals surface area contributed by atoms with Gasteiger partial charge in [-0.3, -0.25) is 0 Å². The third kappa shape index (κ3) is 6.65. The fraction of sp³-hybridized carbons (Fsp3) is 0.613. The minimum atomic E-state index is 0.195. The number of hydrogen-bond donors (Lipinski definition) is 0. The van der Waals surface area contributed by atoms with Gasteiger partial charge in [-0.15, -0.1) is 0 Å². The molecule has 0 saturated heterocycles. The Morgan fingerprint density at radius 3 is 1.37 bits per heavy atom. The molecule has 196 valence electrons. The summed E-state index contributed by atoms with van der Waals surface area (Å²) < 4.78 is 0. The molecular formula is C31H52N4. The van der Waals surface area contributed by atoms with Crippen LogP contribution in [0.5, 0.6) is 0 Å². The van der Waals surface area contributed by atoms with Gasteiger partial charge in [-0.2, -0.15) is 0 Å².